The maximum Gasteiger partial charge on any atom is 0.227 e. The first-order chi connectivity index (χ1) is 13.1. The van der Waals surface area contributed by atoms with E-state index >= 15 is 0 Å². The molecule has 1 heterocycles. The Balaban J connectivity index is 1.51. The molecule has 0 unspecified atom stereocenters. The molecule has 1 aliphatic heterocycles. The quantitative estimate of drug-likeness (QED) is 0.786. The third kappa shape index (κ3) is 5.01. The molecule has 2 aromatic carbocycles. The Morgan fingerprint density at radius 2 is 1.52 bits per heavy atom. The number of rotatable bonds is 6. The van der Waals surface area contributed by atoms with E-state index < -0.39 is 0 Å². The molecule has 0 saturated carbocycles. The highest BCUT2D eigenvalue weighted by Gasteiger charge is 2.21. The van der Waals surface area contributed by atoms with E-state index in [-0.39, 0.29) is 5.91 Å². The molecule has 1 amide bonds. The smallest absolute Gasteiger partial charge is 0.227 e. The third-order valence-corrected chi connectivity index (χ3v) is 5.06. The Bertz CT molecular complexity index is 766. The average molecular weight is 368 g/mol. The van der Waals surface area contributed by atoms with Gasteiger partial charge in [0.25, 0.3) is 0 Å². The summed E-state index contributed by atoms with van der Waals surface area (Å²) in [5.74, 6) is 1.50. The van der Waals surface area contributed by atoms with Crippen LogP contribution in [-0.4, -0.2) is 56.1 Å². The molecule has 1 saturated heterocycles. The van der Waals surface area contributed by atoms with Crippen LogP contribution in [0.5, 0.6) is 11.5 Å². The predicted molar refractivity (Wildman–Crippen MR) is 106 cm³/mol. The number of benzene rings is 2. The second kappa shape index (κ2) is 8.91. The highest BCUT2D eigenvalue weighted by Crippen LogP contribution is 2.27. The van der Waals surface area contributed by atoms with Crippen LogP contribution < -0.4 is 9.47 Å². The number of aryl methyl sites for hydroxylation is 1. The van der Waals surface area contributed by atoms with Crippen LogP contribution in [-0.2, 0) is 17.8 Å². The lowest BCUT2D eigenvalue weighted by molar-refractivity contribution is -0.132. The number of nitrogens with zero attached hydrogens (tertiary/aromatic N) is 2. The van der Waals surface area contributed by atoms with E-state index in [9.17, 15) is 4.79 Å². The number of piperazine rings is 1. The van der Waals surface area contributed by atoms with E-state index in [1.54, 1.807) is 14.2 Å². The van der Waals surface area contributed by atoms with E-state index in [0.29, 0.717) is 17.9 Å². The van der Waals surface area contributed by atoms with Gasteiger partial charge < -0.3 is 14.4 Å². The predicted octanol–water partition coefficient (Wildman–Crippen LogP) is 2.90. The molecule has 0 bridgehead atoms. The standard InChI is InChI=1S/C22H28N2O3/c1-17-4-6-18(7-5-17)16-23-10-12-24(13-11-23)22(25)15-19-8-9-20(26-2)21(14-19)27-3/h4-9,14H,10-13,15-16H2,1-3H3. The van der Waals surface area contributed by atoms with Crippen LogP contribution in [0.3, 0.4) is 0 Å². The lowest BCUT2D eigenvalue weighted by Crippen LogP contribution is -2.48. The van der Waals surface area contributed by atoms with Crippen molar-refractivity contribution in [3.05, 3.63) is 59.2 Å². The van der Waals surface area contributed by atoms with Gasteiger partial charge in [-0.05, 0) is 30.2 Å². The van der Waals surface area contributed by atoms with Gasteiger partial charge in [-0.1, -0.05) is 35.9 Å². The molecule has 3 rings (SSSR count). The van der Waals surface area contributed by atoms with Gasteiger partial charge in [-0.15, -0.1) is 0 Å². The zero-order valence-electron chi connectivity index (χ0n) is 16.4. The molecule has 144 valence electrons. The van der Waals surface area contributed by atoms with E-state index in [2.05, 4.69) is 36.1 Å². The number of carbonyl (C=O) groups excluding carboxylic acids is 1. The van der Waals surface area contributed by atoms with Gasteiger partial charge >= 0.3 is 0 Å². The Kier molecular flexibility index (Phi) is 6.35. The summed E-state index contributed by atoms with van der Waals surface area (Å²) in [5, 5.41) is 0. The van der Waals surface area contributed by atoms with Gasteiger partial charge in [0.1, 0.15) is 0 Å². The minimum absolute atomic E-state index is 0.164. The minimum atomic E-state index is 0.164. The first kappa shape index (κ1) is 19.2. The SMILES string of the molecule is COc1ccc(CC(=O)N2CCN(Cc3ccc(C)cc3)CC2)cc1OC. The van der Waals surface area contributed by atoms with Crippen molar-refractivity contribution in [3.63, 3.8) is 0 Å². The number of methoxy groups -OCH3 is 2. The highest BCUT2D eigenvalue weighted by molar-refractivity contribution is 5.79. The van der Waals surface area contributed by atoms with Crippen molar-refractivity contribution in [1.29, 1.82) is 0 Å². The van der Waals surface area contributed by atoms with Gasteiger partial charge in [-0.2, -0.15) is 0 Å². The number of ether oxygens (including phenoxy) is 2. The second-order valence-electron chi connectivity index (χ2n) is 7.01. The monoisotopic (exact) mass is 368 g/mol. The van der Waals surface area contributed by atoms with E-state index in [1.165, 1.54) is 11.1 Å². The summed E-state index contributed by atoms with van der Waals surface area (Å²) in [6, 6.07) is 14.3. The van der Waals surface area contributed by atoms with Crippen molar-refractivity contribution in [2.75, 3.05) is 40.4 Å². The lowest BCUT2D eigenvalue weighted by atomic mass is 10.1. The number of amides is 1. The van der Waals surface area contributed by atoms with Crippen molar-refractivity contribution in [2.45, 2.75) is 19.9 Å². The molecule has 1 fully saturated rings. The fourth-order valence-electron chi connectivity index (χ4n) is 3.38. The van der Waals surface area contributed by atoms with Crippen molar-refractivity contribution >= 4 is 5.91 Å². The van der Waals surface area contributed by atoms with Gasteiger partial charge in [0, 0.05) is 32.7 Å². The van der Waals surface area contributed by atoms with Gasteiger partial charge in [-0.3, -0.25) is 9.69 Å². The minimum Gasteiger partial charge on any atom is -0.493 e. The maximum atomic E-state index is 12.7. The van der Waals surface area contributed by atoms with Gasteiger partial charge in [0.05, 0.1) is 20.6 Å². The van der Waals surface area contributed by atoms with Crippen molar-refractivity contribution < 1.29 is 14.3 Å². The summed E-state index contributed by atoms with van der Waals surface area (Å²) >= 11 is 0. The molecule has 1 aliphatic rings. The fraction of sp³-hybridized carbons (Fsp3) is 0.409. The normalized spacial score (nSPS) is 14.9. The molecule has 0 radical (unpaired) electrons. The number of hydrogen-bond donors (Lipinski definition) is 0. The first-order valence-electron chi connectivity index (χ1n) is 9.35. The fourth-order valence-corrected chi connectivity index (χ4v) is 3.38. The van der Waals surface area contributed by atoms with Gasteiger partial charge in [0.15, 0.2) is 11.5 Å². The zero-order valence-corrected chi connectivity index (χ0v) is 16.4. The molecule has 0 spiro atoms. The van der Waals surface area contributed by atoms with E-state index in [0.717, 1.165) is 38.3 Å². The van der Waals surface area contributed by atoms with Crippen LogP contribution in [0.25, 0.3) is 0 Å². The lowest BCUT2D eigenvalue weighted by Gasteiger charge is -2.35. The summed E-state index contributed by atoms with van der Waals surface area (Å²) < 4.78 is 10.6. The molecule has 0 aliphatic carbocycles. The summed E-state index contributed by atoms with van der Waals surface area (Å²) in [5.41, 5.74) is 3.55. The number of carbonyl (C=O) groups is 1. The van der Waals surface area contributed by atoms with Crippen LogP contribution in [0, 0.1) is 6.92 Å². The van der Waals surface area contributed by atoms with Crippen LogP contribution in [0.4, 0.5) is 0 Å². The topological polar surface area (TPSA) is 42.0 Å². The molecule has 0 aromatic heterocycles. The molecule has 5 heteroatoms. The second-order valence-corrected chi connectivity index (χ2v) is 7.01. The van der Waals surface area contributed by atoms with Crippen molar-refractivity contribution in [1.82, 2.24) is 9.80 Å². The van der Waals surface area contributed by atoms with Gasteiger partial charge in [0.2, 0.25) is 5.91 Å². The Morgan fingerprint density at radius 3 is 2.15 bits per heavy atom. The molecule has 5 nitrogen and oxygen atoms in total. The summed E-state index contributed by atoms with van der Waals surface area (Å²) in [6.07, 6.45) is 0.387. The Labute approximate surface area is 161 Å². The molecular weight excluding hydrogens is 340 g/mol. The van der Waals surface area contributed by atoms with Crippen molar-refractivity contribution in [2.24, 2.45) is 0 Å². The Hall–Kier alpha value is -2.53. The third-order valence-electron chi connectivity index (χ3n) is 5.06. The first-order valence-corrected chi connectivity index (χ1v) is 9.35. The molecular formula is C22H28N2O3. The molecule has 0 atom stereocenters. The van der Waals surface area contributed by atoms with Crippen LogP contribution in [0.15, 0.2) is 42.5 Å². The van der Waals surface area contributed by atoms with Crippen LogP contribution >= 0.6 is 0 Å². The Morgan fingerprint density at radius 1 is 0.889 bits per heavy atom. The van der Waals surface area contributed by atoms with E-state index in [4.69, 9.17) is 9.47 Å². The summed E-state index contributed by atoms with van der Waals surface area (Å²) in [6.45, 7) is 6.41. The summed E-state index contributed by atoms with van der Waals surface area (Å²) in [4.78, 5) is 17.0. The molecule has 0 N–H and O–H groups in total. The van der Waals surface area contributed by atoms with E-state index in [1.807, 2.05) is 23.1 Å². The summed E-state index contributed by atoms with van der Waals surface area (Å²) in [7, 11) is 3.22. The molecule has 27 heavy (non-hydrogen) atoms. The molecule has 2 aromatic rings. The van der Waals surface area contributed by atoms with Crippen molar-refractivity contribution in [3.8, 4) is 11.5 Å². The average Bonchev–Trinajstić information content (AvgIpc) is 2.70. The highest BCUT2D eigenvalue weighted by atomic mass is 16.5. The van der Waals surface area contributed by atoms with Gasteiger partial charge in [-0.25, -0.2) is 0 Å². The van der Waals surface area contributed by atoms with Crippen LogP contribution in [0.1, 0.15) is 16.7 Å². The number of hydrogen-bond acceptors (Lipinski definition) is 4. The van der Waals surface area contributed by atoms with Crippen LogP contribution in [0.2, 0.25) is 0 Å². The largest absolute Gasteiger partial charge is 0.493 e. The maximum absolute atomic E-state index is 12.7. The zero-order chi connectivity index (χ0) is 19.2.